The highest BCUT2D eigenvalue weighted by Crippen LogP contribution is 2.32. The molecule has 1 saturated carbocycles. The molecule has 2 aromatic rings. The van der Waals surface area contributed by atoms with E-state index < -0.39 is 0 Å². The second kappa shape index (κ2) is 5.33. The molecule has 0 saturated heterocycles. The highest BCUT2D eigenvalue weighted by molar-refractivity contribution is 7.99. The van der Waals surface area contributed by atoms with Gasteiger partial charge < -0.3 is 15.5 Å². The summed E-state index contributed by atoms with van der Waals surface area (Å²) in [7, 11) is 0. The Morgan fingerprint density at radius 1 is 1.47 bits per heavy atom. The minimum absolute atomic E-state index is 0.481. The average Bonchev–Trinajstić information content (AvgIpc) is 2.96. The summed E-state index contributed by atoms with van der Waals surface area (Å²) in [6.07, 6.45) is 3.67. The lowest BCUT2D eigenvalue weighted by atomic mass is 10.3. The summed E-state index contributed by atoms with van der Waals surface area (Å²) >= 11 is 2.05. The highest BCUT2D eigenvalue weighted by atomic mass is 32.2. The maximum absolute atomic E-state index is 5.74. The minimum atomic E-state index is 0.481. The molecule has 102 valence electrons. The largest absolute Gasteiger partial charge is 0.423 e. The third-order valence-corrected chi connectivity index (χ3v) is 4.76. The smallest absolute Gasteiger partial charge is 0.295 e. The van der Waals surface area contributed by atoms with Gasteiger partial charge in [-0.2, -0.15) is 16.7 Å². The van der Waals surface area contributed by atoms with E-state index in [1.807, 2.05) is 18.2 Å². The van der Waals surface area contributed by atoms with Gasteiger partial charge in [0.15, 0.2) is 5.58 Å². The molecular formula is C14H19N3OS. The fourth-order valence-electron chi connectivity index (χ4n) is 2.64. The number of nitrogens with one attached hydrogen (secondary N) is 1. The zero-order valence-electron chi connectivity index (χ0n) is 11.1. The van der Waals surface area contributed by atoms with Gasteiger partial charge in [0.2, 0.25) is 0 Å². The fourth-order valence-corrected chi connectivity index (χ4v) is 3.78. The number of rotatable bonds is 4. The summed E-state index contributed by atoms with van der Waals surface area (Å²) in [5, 5.41) is 4.19. The molecule has 19 heavy (non-hydrogen) atoms. The van der Waals surface area contributed by atoms with Crippen LogP contribution in [0.15, 0.2) is 22.6 Å². The molecule has 1 aliphatic rings. The molecule has 0 spiro atoms. The van der Waals surface area contributed by atoms with Gasteiger partial charge in [-0.15, -0.1) is 0 Å². The van der Waals surface area contributed by atoms with Gasteiger partial charge in [0.25, 0.3) is 6.01 Å². The molecule has 1 aliphatic carbocycles. The van der Waals surface area contributed by atoms with E-state index >= 15 is 0 Å². The van der Waals surface area contributed by atoms with Crippen molar-refractivity contribution in [3.8, 4) is 0 Å². The Bertz CT molecular complexity index is 569. The Balaban J connectivity index is 1.68. The van der Waals surface area contributed by atoms with Gasteiger partial charge in [0.05, 0.1) is 0 Å². The molecular weight excluding hydrogens is 258 g/mol. The Morgan fingerprint density at radius 3 is 3.21 bits per heavy atom. The first-order valence-electron chi connectivity index (χ1n) is 6.79. The first kappa shape index (κ1) is 12.7. The van der Waals surface area contributed by atoms with Crippen molar-refractivity contribution in [2.45, 2.75) is 37.5 Å². The maximum Gasteiger partial charge on any atom is 0.295 e. The number of nitrogens with zero attached hydrogens (tertiary/aromatic N) is 1. The monoisotopic (exact) mass is 277 g/mol. The molecule has 0 bridgehead atoms. The number of hydrogen-bond acceptors (Lipinski definition) is 5. The van der Waals surface area contributed by atoms with E-state index in [4.69, 9.17) is 10.2 Å². The van der Waals surface area contributed by atoms with Crippen LogP contribution in [0.1, 0.15) is 26.2 Å². The van der Waals surface area contributed by atoms with Gasteiger partial charge >= 0.3 is 0 Å². The van der Waals surface area contributed by atoms with Crippen LogP contribution in [0.4, 0.5) is 11.7 Å². The maximum atomic E-state index is 5.74. The van der Waals surface area contributed by atoms with Crippen molar-refractivity contribution in [2.24, 2.45) is 0 Å². The average molecular weight is 277 g/mol. The Labute approximate surface area is 117 Å². The van der Waals surface area contributed by atoms with Crippen molar-refractivity contribution in [1.29, 1.82) is 0 Å². The number of anilines is 2. The van der Waals surface area contributed by atoms with Gasteiger partial charge in [-0.3, -0.25) is 0 Å². The summed E-state index contributed by atoms with van der Waals surface area (Å²) in [6, 6.07) is 6.65. The zero-order valence-corrected chi connectivity index (χ0v) is 11.9. The van der Waals surface area contributed by atoms with Crippen LogP contribution in [0, 0.1) is 0 Å². The predicted molar refractivity (Wildman–Crippen MR) is 81.6 cm³/mol. The van der Waals surface area contributed by atoms with Crippen LogP contribution in [0.2, 0.25) is 0 Å². The molecule has 0 amide bonds. The molecule has 0 radical (unpaired) electrons. The Morgan fingerprint density at radius 2 is 2.37 bits per heavy atom. The van der Waals surface area contributed by atoms with Crippen molar-refractivity contribution in [2.75, 3.05) is 16.8 Å². The number of hydrogen-bond donors (Lipinski definition) is 2. The van der Waals surface area contributed by atoms with Crippen molar-refractivity contribution in [3.63, 3.8) is 0 Å². The van der Waals surface area contributed by atoms with Gasteiger partial charge in [-0.1, -0.05) is 6.92 Å². The first-order chi connectivity index (χ1) is 9.24. The lowest BCUT2D eigenvalue weighted by molar-refractivity contribution is 0.594. The molecule has 1 heterocycles. The molecule has 0 aliphatic heterocycles. The molecule has 3 N–H and O–H groups in total. The van der Waals surface area contributed by atoms with Gasteiger partial charge in [0.1, 0.15) is 5.52 Å². The lowest BCUT2D eigenvalue weighted by Gasteiger charge is -2.10. The lowest BCUT2D eigenvalue weighted by Crippen LogP contribution is -2.16. The number of fused-ring (bicyclic) bond motifs is 1. The second-order valence-electron chi connectivity index (χ2n) is 4.98. The third-order valence-electron chi connectivity index (χ3n) is 3.53. The molecule has 2 atom stereocenters. The van der Waals surface area contributed by atoms with Crippen LogP contribution in [0.25, 0.3) is 11.1 Å². The molecule has 3 rings (SSSR count). The number of aromatic nitrogens is 1. The predicted octanol–water partition coefficient (Wildman–Crippen LogP) is 3.50. The van der Waals surface area contributed by atoms with Crippen molar-refractivity contribution < 1.29 is 4.42 Å². The normalized spacial score (nSPS) is 23.0. The highest BCUT2D eigenvalue weighted by Gasteiger charge is 2.25. The van der Waals surface area contributed by atoms with Crippen LogP contribution < -0.4 is 11.1 Å². The summed E-state index contributed by atoms with van der Waals surface area (Å²) in [4.78, 5) is 4.45. The SMILES string of the molecule is CCSC1CCC(Nc2nc3ccc(N)cc3o2)C1. The van der Waals surface area contributed by atoms with E-state index in [0.717, 1.165) is 16.3 Å². The van der Waals surface area contributed by atoms with Crippen LogP contribution in [0.3, 0.4) is 0 Å². The van der Waals surface area contributed by atoms with Crippen molar-refractivity contribution in [3.05, 3.63) is 18.2 Å². The minimum Gasteiger partial charge on any atom is -0.423 e. The second-order valence-corrected chi connectivity index (χ2v) is 6.56. The first-order valence-corrected chi connectivity index (χ1v) is 7.83. The van der Waals surface area contributed by atoms with Gasteiger partial charge in [-0.05, 0) is 37.1 Å². The van der Waals surface area contributed by atoms with E-state index in [-0.39, 0.29) is 0 Å². The summed E-state index contributed by atoms with van der Waals surface area (Å²) in [6.45, 7) is 2.22. The number of nitrogen functional groups attached to an aromatic ring is 1. The van der Waals surface area contributed by atoms with E-state index in [9.17, 15) is 0 Å². The molecule has 5 heteroatoms. The Hall–Kier alpha value is -1.36. The van der Waals surface area contributed by atoms with Gasteiger partial charge in [0, 0.05) is 23.0 Å². The van der Waals surface area contributed by atoms with Crippen LogP contribution in [-0.4, -0.2) is 22.0 Å². The topological polar surface area (TPSA) is 64.1 Å². The molecule has 1 aromatic heterocycles. The van der Waals surface area contributed by atoms with E-state index in [0.29, 0.717) is 17.7 Å². The van der Waals surface area contributed by atoms with Crippen molar-refractivity contribution >= 4 is 34.6 Å². The molecule has 4 nitrogen and oxygen atoms in total. The zero-order chi connectivity index (χ0) is 13.2. The third kappa shape index (κ3) is 2.81. The molecule has 1 aromatic carbocycles. The molecule has 1 fully saturated rings. The Kier molecular flexibility index (Phi) is 3.55. The van der Waals surface area contributed by atoms with Crippen LogP contribution >= 0.6 is 11.8 Å². The van der Waals surface area contributed by atoms with Gasteiger partial charge in [-0.25, -0.2) is 0 Å². The summed E-state index contributed by atoms with van der Waals surface area (Å²) < 4.78 is 5.70. The van der Waals surface area contributed by atoms with E-state index in [1.165, 1.54) is 25.0 Å². The fraction of sp³-hybridized carbons (Fsp3) is 0.500. The standard InChI is InChI=1S/C14H19N3OS/c1-2-19-11-5-4-10(8-11)16-14-17-12-6-3-9(15)7-13(12)18-14/h3,6-7,10-11H,2,4-5,8,15H2,1H3,(H,16,17). The summed E-state index contributed by atoms with van der Waals surface area (Å²) in [5.41, 5.74) is 8.05. The van der Waals surface area contributed by atoms with E-state index in [1.54, 1.807) is 0 Å². The number of oxazole rings is 1. The van der Waals surface area contributed by atoms with Crippen LogP contribution in [-0.2, 0) is 0 Å². The summed E-state index contributed by atoms with van der Waals surface area (Å²) in [5.74, 6) is 1.19. The van der Waals surface area contributed by atoms with Crippen molar-refractivity contribution in [1.82, 2.24) is 4.98 Å². The van der Waals surface area contributed by atoms with E-state index in [2.05, 4.69) is 29.0 Å². The van der Waals surface area contributed by atoms with Crippen LogP contribution in [0.5, 0.6) is 0 Å². The number of nitrogens with two attached hydrogens (primary N) is 1. The number of thioether (sulfide) groups is 1. The quantitative estimate of drug-likeness (QED) is 0.837. The number of benzene rings is 1. The molecule has 2 unspecified atom stereocenters.